The van der Waals surface area contributed by atoms with Crippen LogP contribution in [-0.4, -0.2) is 24.1 Å². The Morgan fingerprint density at radius 2 is 1.68 bits per heavy atom. The van der Waals surface area contributed by atoms with Crippen molar-refractivity contribution >= 4 is 6.09 Å². The minimum Gasteiger partial charge on any atom is -0.438 e. The van der Waals surface area contributed by atoms with E-state index in [0.717, 1.165) is 17.2 Å². The van der Waals surface area contributed by atoms with Crippen molar-refractivity contribution in [1.82, 2.24) is 4.90 Å². The van der Waals surface area contributed by atoms with Crippen molar-refractivity contribution in [3.05, 3.63) is 95.3 Å². The molecule has 1 fully saturated rings. The number of ether oxygens (including phenoxy) is 1. The van der Waals surface area contributed by atoms with Gasteiger partial charge in [-0.05, 0) is 67.3 Å². The molecule has 3 aromatic rings. The van der Waals surface area contributed by atoms with Crippen LogP contribution in [0.25, 0.3) is 11.1 Å². The number of cyclic esters (lactones) is 1. The maximum atomic E-state index is 14.1. The lowest BCUT2D eigenvalue weighted by Crippen LogP contribution is -2.48. The maximum absolute atomic E-state index is 14.1. The van der Waals surface area contributed by atoms with E-state index in [4.69, 9.17) is 10.5 Å². The summed E-state index contributed by atoms with van der Waals surface area (Å²) in [6.07, 6.45) is 1.32. The summed E-state index contributed by atoms with van der Waals surface area (Å²) in [5.41, 5.74) is 7.41. The molecule has 178 valence electrons. The van der Waals surface area contributed by atoms with Crippen LogP contribution >= 0.6 is 0 Å². The number of halogens is 3. The van der Waals surface area contributed by atoms with Crippen LogP contribution in [0.1, 0.15) is 43.4 Å². The molecule has 2 unspecified atom stereocenters. The van der Waals surface area contributed by atoms with E-state index in [1.807, 2.05) is 19.1 Å². The summed E-state index contributed by atoms with van der Waals surface area (Å²) in [5.74, 6) is -1.60. The van der Waals surface area contributed by atoms with Crippen LogP contribution in [-0.2, 0) is 10.3 Å². The molecule has 0 bridgehead atoms. The number of hydrogen-bond donors (Lipinski definition) is 1. The summed E-state index contributed by atoms with van der Waals surface area (Å²) in [4.78, 5) is 14.8. The number of nitrogens with zero attached hydrogens (tertiary/aromatic N) is 1. The molecular weight excluding hydrogens is 441 g/mol. The normalized spacial score (nSPS) is 19.1. The molecule has 4 nitrogen and oxygen atoms in total. The molecule has 2 N–H and O–H groups in total. The smallest absolute Gasteiger partial charge is 0.411 e. The van der Waals surface area contributed by atoms with Crippen molar-refractivity contribution in [1.29, 1.82) is 0 Å². The van der Waals surface area contributed by atoms with Gasteiger partial charge in [-0.2, -0.15) is 0 Å². The van der Waals surface area contributed by atoms with E-state index in [1.54, 1.807) is 29.2 Å². The molecule has 1 heterocycles. The predicted molar refractivity (Wildman–Crippen MR) is 124 cm³/mol. The molecule has 3 aromatic carbocycles. The molecule has 0 saturated carbocycles. The second-order valence-electron chi connectivity index (χ2n) is 8.63. The molecule has 4 rings (SSSR count). The first kappa shape index (κ1) is 23.8. The first-order valence-electron chi connectivity index (χ1n) is 11.3. The second-order valence-corrected chi connectivity index (χ2v) is 8.63. The molecule has 1 aliphatic rings. The molecule has 7 heteroatoms. The van der Waals surface area contributed by atoms with Crippen molar-refractivity contribution in [2.24, 2.45) is 5.73 Å². The highest BCUT2D eigenvalue weighted by Crippen LogP contribution is 2.40. The zero-order valence-corrected chi connectivity index (χ0v) is 18.9. The number of carbonyl (C=O) groups excluding carboxylic acids is 1. The molecule has 1 saturated heterocycles. The summed E-state index contributed by atoms with van der Waals surface area (Å²) in [5, 5.41) is 0. The maximum Gasteiger partial charge on any atom is 0.411 e. The average molecular weight is 469 g/mol. The van der Waals surface area contributed by atoms with Crippen molar-refractivity contribution in [3.63, 3.8) is 0 Å². The topological polar surface area (TPSA) is 55.6 Å². The minimum absolute atomic E-state index is 0.277. The molecule has 1 aliphatic heterocycles. The van der Waals surface area contributed by atoms with Crippen LogP contribution in [0.4, 0.5) is 18.0 Å². The molecule has 2 atom stereocenters. The van der Waals surface area contributed by atoms with Gasteiger partial charge in [-0.3, -0.25) is 0 Å². The highest BCUT2D eigenvalue weighted by molar-refractivity contribution is 5.70. The Bertz CT molecular complexity index is 1150. The van der Waals surface area contributed by atoms with Gasteiger partial charge in [0.05, 0.1) is 6.04 Å². The van der Waals surface area contributed by atoms with Gasteiger partial charge < -0.3 is 15.4 Å². The Labute approximate surface area is 197 Å². The quantitative estimate of drug-likeness (QED) is 0.442. The molecule has 1 amide bonds. The first-order valence-corrected chi connectivity index (χ1v) is 11.3. The number of nitrogens with two attached hydrogens (primary N) is 1. The van der Waals surface area contributed by atoms with Gasteiger partial charge in [-0.15, -0.1) is 0 Å². The Kier molecular flexibility index (Phi) is 6.93. The summed E-state index contributed by atoms with van der Waals surface area (Å²) in [7, 11) is 0. The fourth-order valence-corrected chi connectivity index (χ4v) is 4.53. The van der Waals surface area contributed by atoms with Crippen LogP contribution in [0.15, 0.2) is 66.7 Å². The van der Waals surface area contributed by atoms with E-state index in [9.17, 15) is 18.0 Å². The predicted octanol–water partition coefficient (Wildman–Crippen LogP) is 6.31. The van der Waals surface area contributed by atoms with Crippen LogP contribution < -0.4 is 5.73 Å². The SMILES string of the molecule is CC(c1ccc(-c2ccc(F)cc2F)cc1)N1CCC(CCCN)(c2ccc(F)cc2)OC1=O. The fraction of sp³-hybridized carbons (Fsp3) is 0.296. The zero-order chi connectivity index (χ0) is 24.3. The number of amides is 1. The van der Waals surface area contributed by atoms with Gasteiger partial charge in [0.2, 0.25) is 0 Å². The Morgan fingerprint density at radius 3 is 2.29 bits per heavy atom. The van der Waals surface area contributed by atoms with Crippen LogP contribution in [0.2, 0.25) is 0 Å². The number of hydrogen-bond acceptors (Lipinski definition) is 3. The third kappa shape index (κ3) is 4.80. The Balaban J connectivity index is 1.52. The van der Waals surface area contributed by atoms with Crippen LogP contribution in [0.3, 0.4) is 0 Å². The van der Waals surface area contributed by atoms with Gasteiger partial charge in [0.1, 0.15) is 23.1 Å². The molecular formula is C27H27F3N2O2. The van der Waals surface area contributed by atoms with Gasteiger partial charge in [-0.1, -0.05) is 36.4 Å². The summed E-state index contributed by atoms with van der Waals surface area (Å²) in [6, 6.07) is 16.4. The third-order valence-corrected chi connectivity index (χ3v) is 6.53. The van der Waals surface area contributed by atoms with Crippen molar-refractivity contribution in [3.8, 4) is 11.1 Å². The van der Waals surface area contributed by atoms with Gasteiger partial charge in [0, 0.05) is 24.6 Å². The van der Waals surface area contributed by atoms with E-state index in [-0.39, 0.29) is 11.9 Å². The van der Waals surface area contributed by atoms with Crippen molar-refractivity contribution in [2.45, 2.75) is 37.8 Å². The highest BCUT2D eigenvalue weighted by atomic mass is 19.1. The van der Waals surface area contributed by atoms with Gasteiger partial charge in [0.15, 0.2) is 0 Å². The summed E-state index contributed by atoms with van der Waals surface area (Å²) >= 11 is 0. The number of benzene rings is 3. The van der Waals surface area contributed by atoms with Gasteiger partial charge in [0.25, 0.3) is 0 Å². The first-order chi connectivity index (χ1) is 16.3. The lowest BCUT2D eigenvalue weighted by molar-refractivity contribution is -0.0661. The molecule has 0 aromatic heterocycles. The molecule has 0 radical (unpaired) electrons. The van der Waals surface area contributed by atoms with E-state index in [2.05, 4.69) is 0 Å². The molecule has 34 heavy (non-hydrogen) atoms. The van der Waals surface area contributed by atoms with E-state index in [1.165, 1.54) is 24.3 Å². The average Bonchev–Trinajstić information content (AvgIpc) is 2.83. The van der Waals surface area contributed by atoms with E-state index in [0.29, 0.717) is 43.5 Å². The van der Waals surface area contributed by atoms with E-state index >= 15 is 0 Å². The minimum atomic E-state index is -0.843. The van der Waals surface area contributed by atoms with Crippen LogP contribution in [0.5, 0.6) is 0 Å². The van der Waals surface area contributed by atoms with Gasteiger partial charge >= 0.3 is 6.09 Å². The van der Waals surface area contributed by atoms with E-state index < -0.39 is 23.3 Å². The second kappa shape index (κ2) is 9.89. The number of carbonyl (C=O) groups is 1. The largest absolute Gasteiger partial charge is 0.438 e. The third-order valence-electron chi connectivity index (χ3n) is 6.53. The zero-order valence-electron chi connectivity index (χ0n) is 18.9. The Hall–Kier alpha value is -3.32. The Morgan fingerprint density at radius 1 is 1.00 bits per heavy atom. The standard InChI is InChI=1S/C27H27F3N2O2/c1-18(19-3-5-20(6-4-19)24-12-11-23(29)17-25(24)30)32-16-14-27(13-2-15-31,34-26(32)33)21-7-9-22(28)10-8-21/h3-12,17-18H,2,13-16,31H2,1H3. The lowest BCUT2D eigenvalue weighted by atomic mass is 9.84. The lowest BCUT2D eigenvalue weighted by Gasteiger charge is -2.43. The van der Waals surface area contributed by atoms with Gasteiger partial charge in [-0.25, -0.2) is 18.0 Å². The summed E-state index contributed by atoms with van der Waals surface area (Å²) < 4.78 is 46.8. The highest BCUT2D eigenvalue weighted by Gasteiger charge is 2.43. The fourth-order valence-electron chi connectivity index (χ4n) is 4.53. The monoisotopic (exact) mass is 468 g/mol. The van der Waals surface area contributed by atoms with Crippen molar-refractivity contribution in [2.75, 3.05) is 13.1 Å². The van der Waals surface area contributed by atoms with Crippen molar-refractivity contribution < 1.29 is 22.7 Å². The molecule has 0 aliphatic carbocycles. The number of rotatable bonds is 7. The van der Waals surface area contributed by atoms with Crippen LogP contribution in [0, 0.1) is 17.5 Å². The molecule has 0 spiro atoms. The summed E-state index contributed by atoms with van der Waals surface area (Å²) in [6.45, 7) is 2.82.